The molecule has 3 atom stereocenters. The molecular formula is C42H34N4O5S. The number of anilines is 1. The van der Waals surface area contributed by atoms with Crippen LogP contribution in [0.25, 0.3) is 33.6 Å². The Morgan fingerprint density at radius 2 is 1.50 bits per heavy atom. The highest BCUT2D eigenvalue weighted by atomic mass is 32.2. The van der Waals surface area contributed by atoms with Crippen molar-refractivity contribution in [3.05, 3.63) is 162 Å². The van der Waals surface area contributed by atoms with Crippen LogP contribution in [-0.4, -0.2) is 37.8 Å². The topological polar surface area (TPSA) is 120 Å². The molecule has 1 fully saturated rings. The lowest BCUT2D eigenvalue weighted by atomic mass is 10.0. The third-order valence-electron chi connectivity index (χ3n) is 8.80. The Balaban J connectivity index is 1.03. The fourth-order valence-electron chi connectivity index (χ4n) is 6.15. The van der Waals surface area contributed by atoms with E-state index in [0.717, 1.165) is 44.8 Å². The molecule has 0 saturated carbocycles. The van der Waals surface area contributed by atoms with E-state index in [0.29, 0.717) is 28.6 Å². The lowest BCUT2D eigenvalue weighted by molar-refractivity contribution is -0.245. The molecule has 2 N–H and O–H groups in total. The van der Waals surface area contributed by atoms with Gasteiger partial charge in [0, 0.05) is 34.6 Å². The number of fused-ring (bicyclic) bond motifs is 1. The van der Waals surface area contributed by atoms with Gasteiger partial charge < -0.3 is 24.3 Å². The molecule has 0 bridgehead atoms. The molecule has 1 aliphatic heterocycles. The number of para-hydroxylation sites is 2. The molecule has 0 unspecified atom stereocenters. The molecule has 0 spiro atoms. The van der Waals surface area contributed by atoms with E-state index >= 15 is 0 Å². The maximum atomic E-state index is 13.2. The smallest absolute Gasteiger partial charge is 0.275 e. The number of rotatable bonds is 10. The van der Waals surface area contributed by atoms with Crippen molar-refractivity contribution in [2.24, 2.45) is 0 Å². The molecule has 10 heteroatoms. The monoisotopic (exact) mass is 706 g/mol. The molecule has 3 heterocycles. The minimum Gasteiger partial charge on any atom is -0.431 e. The number of benzene rings is 5. The van der Waals surface area contributed by atoms with E-state index in [2.05, 4.69) is 15.3 Å². The van der Waals surface area contributed by atoms with Gasteiger partial charge in [-0.05, 0) is 35.4 Å². The van der Waals surface area contributed by atoms with Gasteiger partial charge in [0.05, 0.1) is 36.0 Å². The van der Waals surface area contributed by atoms with Crippen LogP contribution in [0.2, 0.25) is 0 Å². The Hall–Kier alpha value is -5.65. The van der Waals surface area contributed by atoms with Gasteiger partial charge in [-0.25, -0.2) is 9.97 Å². The van der Waals surface area contributed by atoms with Crippen molar-refractivity contribution < 1.29 is 23.8 Å². The molecule has 0 aliphatic carbocycles. The summed E-state index contributed by atoms with van der Waals surface area (Å²) in [4.78, 5) is 27.0. The summed E-state index contributed by atoms with van der Waals surface area (Å²) in [6.45, 7) is -0.0355. The van der Waals surface area contributed by atoms with Gasteiger partial charge in [-0.3, -0.25) is 9.78 Å². The number of aromatic nitrogens is 3. The number of aliphatic hydroxyl groups excluding tert-OH is 1. The number of thioether (sulfide) groups is 1. The number of oxazole rings is 1. The lowest BCUT2D eigenvalue weighted by Crippen LogP contribution is -2.31. The number of nitrogens with zero attached hydrogens (tertiary/aromatic N) is 3. The van der Waals surface area contributed by atoms with Gasteiger partial charge in [0.2, 0.25) is 0 Å². The van der Waals surface area contributed by atoms with Crippen LogP contribution in [0, 0.1) is 0 Å². The Morgan fingerprint density at radius 3 is 2.27 bits per heavy atom. The normalized spacial score (nSPS) is 17.2. The van der Waals surface area contributed by atoms with Crippen molar-refractivity contribution in [1.82, 2.24) is 15.0 Å². The van der Waals surface area contributed by atoms with Crippen molar-refractivity contribution in [3.63, 3.8) is 0 Å². The van der Waals surface area contributed by atoms with Crippen molar-refractivity contribution >= 4 is 34.4 Å². The quantitative estimate of drug-likeness (QED) is 0.134. The van der Waals surface area contributed by atoms with Crippen LogP contribution < -0.4 is 5.32 Å². The predicted octanol–water partition coefficient (Wildman–Crippen LogP) is 9.03. The Morgan fingerprint density at radius 1 is 0.769 bits per heavy atom. The highest BCUT2D eigenvalue weighted by Crippen LogP contribution is 2.41. The Bertz CT molecular complexity index is 2240. The largest absolute Gasteiger partial charge is 0.431 e. The van der Waals surface area contributed by atoms with Crippen molar-refractivity contribution in [2.45, 2.75) is 36.7 Å². The molecule has 7 aromatic rings. The third kappa shape index (κ3) is 7.51. The first-order chi connectivity index (χ1) is 25.6. The summed E-state index contributed by atoms with van der Waals surface area (Å²) in [7, 11) is 0. The molecule has 258 valence electrons. The minimum absolute atomic E-state index is 0.0355. The van der Waals surface area contributed by atoms with Gasteiger partial charge >= 0.3 is 0 Å². The molecule has 1 saturated heterocycles. The van der Waals surface area contributed by atoms with Crippen LogP contribution in [0.4, 0.5) is 5.69 Å². The van der Waals surface area contributed by atoms with E-state index in [9.17, 15) is 9.90 Å². The van der Waals surface area contributed by atoms with Gasteiger partial charge in [-0.1, -0.05) is 121 Å². The second-order valence-corrected chi connectivity index (χ2v) is 13.3. The van der Waals surface area contributed by atoms with Gasteiger partial charge in [0.1, 0.15) is 11.4 Å². The number of amides is 1. The maximum absolute atomic E-state index is 13.2. The highest BCUT2D eigenvalue weighted by Gasteiger charge is 2.33. The van der Waals surface area contributed by atoms with Gasteiger partial charge in [0.25, 0.3) is 11.1 Å². The number of carbonyl (C=O) groups excluding carboxylic acids is 1. The van der Waals surface area contributed by atoms with Crippen LogP contribution in [0.3, 0.4) is 0 Å². The minimum atomic E-state index is -0.719. The van der Waals surface area contributed by atoms with Crippen LogP contribution in [0.15, 0.2) is 149 Å². The van der Waals surface area contributed by atoms with Crippen LogP contribution in [0.1, 0.15) is 46.0 Å². The second-order valence-electron chi connectivity index (χ2n) is 12.4. The third-order valence-corrected chi connectivity index (χ3v) is 9.76. The highest BCUT2D eigenvalue weighted by molar-refractivity contribution is 7.99. The van der Waals surface area contributed by atoms with Crippen molar-refractivity contribution in [3.8, 4) is 22.6 Å². The van der Waals surface area contributed by atoms with Crippen molar-refractivity contribution in [2.75, 3.05) is 11.1 Å². The summed E-state index contributed by atoms with van der Waals surface area (Å²) in [5, 5.41) is 13.1. The number of aliphatic hydroxyl groups is 1. The zero-order valence-corrected chi connectivity index (χ0v) is 28.8. The van der Waals surface area contributed by atoms with Crippen molar-refractivity contribution in [1.29, 1.82) is 0 Å². The first-order valence-corrected chi connectivity index (χ1v) is 18.0. The molecule has 9 nitrogen and oxygen atoms in total. The molecule has 1 aliphatic rings. The standard InChI is InChI=1S/C42H34N4O5S/c47-25-27-18-20-28(21-19-27)37-23-33(26-52-42-46-38(29-10-3-1-4-11-29)39(51-42)30-12-5-2-6-13-30)49-41(50-37)31-14-9-15-32(22-31)44-40(48)36-24-43-34-16-7-8-17-35(34)45-36/h1-22,24,33,37,41,47H,23,25-26H2,(H,44,48)/t33-,37+,41+/m0/s1. The van der Waals surface area contributed by atoms with E-state index in [1.54, 1.807) is 0 Å². The zero-order chi connectivity index (χ0) is 35.3. The lowest BCUT2D eigenvalue weighted by Gasteiger charge is -2.36. The zero-order valence-electron chi connectivity index (χ0n) is 28.0. The van der Waals surface area contributed by atoms with Crippen LogP contribution in [0.5, 0.6) is 0 Å². The molecular weight excluding hydrogens is 673 g/mol. The Labute approximate surface area is 304 Å². The van der Waals surface area contributed by atoms with Gasteiger partial charge in [0.15, 0.2) is 12.1 Å². The molecule has 52 heavy (non-hydrogen) atoms. The number of hydrogen-bond acceptors (Lipinski definition) is 9. The van der Waals surface area contributed by atoms with Crippen LogP contribution in [-0.2, 0) is 16.1 Å². The maximum Gasteiger partial charge on any atom is 0.275 e. The Kier molecular flexibility index (Phi) is 9.86. The molecule has 8 rings (SSSR count). The average Bonchev–Trinajstić information content (AvgIpc) is 3.65. The summed E-state index contributed by atoms with van der Waals surface area (Å²) >= 11 is 1.50. The second kappa shape index (κ2) is 15.3. The first kappa shape index (κ1) is 33.5. The fourth-order valence-corrected chi connectivity index (χ4v) is 6.99. The SMILES string of the molecule is O=C(Nc1cccc([C@@H]2O[C@H](CSc3nc(-c4ccccc4)c(-c4ccccc4)o3)C[C@H](c3ccc(CO)cc3)O2)c1)c1cnc2ccccc2n1. The predicted molar refractivity (Wildman–Crippen MR) is 200 cm³/mol. The summed E-state index contributed by atoms with van der Waals surface area (Å²) < 4.78 is 19.6. The summed E-state index contributed by atoms with van der Waals surface area (Å²) in [5.41, 5.74) is 7.43. The molecule has 1 amide bonds. The fraction of sp³-hybridized carbons (Fsp3) is 0.143. The summed E-state index contributed by atoms with van der Waals surface area (Å²) in [6, 6.07) is 42.7. The molecule has 5 aromatic carbocycles. The summed E-state index contributed by atoms with van der Waals surface area (Å²) in [6.07, 6.45) is 0.834. The van der Waals surface area contributed by atoms with E-state index < -0.39 is 6.29 Å². The number of nitrogens with one attached hydrogen (secondary N) is 1. The van der Waals surface area contributed by atoms with E-state index in [-0.39, 0.29) is 30.4 Å². The molecule has 2 aromatic heterocycles. The first-order valence-electron chi connectivity index (χ1n) is 17.0. The number of hydrogen-bond donors (Lipinski definition) is 2. The van der Waals surface area contributed by atoms with Gasteiger partial charge in [-0.2, -0.15) is 0 Å². The van der Waals surface area contributed by atoms with Gasteiger partial charge in [-0.15, -0.1) is 0 Å². The average molecular weight is 707 g/mol. The number of carbonyl (C=O) groups is 1. The molecule has 0 radical (unpaired) electrons. The van der Waals surface area contributed by atoms with Crippen LogP contribution >= 0.6 is 11.8 Å². The van der Waals surface area contributed by atoms with E-state index in [1.165, 1.54) is 18.0 Å². The van der Waals surface area contributed by atoms with E-state index in [4.69, 9.17) is 18.9 Å². The summed E-state index contributed by atoms with van der Waals surface area (Å²) in [5.74, 6) is 0.911. The van der Waals surface area contributed by atoms with E-state index in [1.807, 2.05) is 133 Å². The number of ether oxygens (including phenoxy) is 2.